The van der Waals surface area contributed by atoms with Crippen molar-refractivity contribution in [2.24, 2.45) is 0 Å². The fourth-order valence-corrected chi connectivity index (χ4v) is 2.39. The summed E-state index contributed by atoms with van der Waals surface area (Å²) < 4.78 is 28.7. The van der Waals surface area contributed by atoms with E-state index in [-0.39, 0.29) is 30.2 Å². The molecule has 1 amide bonds. The van der Waals surface area contributed by atoms with Crippen LogP contribution in [0.1, 0.15) is 22.8 Å². The lowest BCUT2D eigenvalue weighted by Gasteiger charge is -2.12. The summed E-state index contributed by atoms with van der Waals surface area (Å²) in [6.45, 7) is 1.13. The number of esters is 1. The van der Waals surface area contributed by atoms with Gasteiger partial charge in [-0.25, -0.2) is 9.18 Å². The molecule has 9 nitrogen and oxygen atoms in total. The van der Waals surface area contributed by atoms with Crippen LogP contribution in [0.5, 0.6) is 11.5 Å². The van der Waals surface area contributed by atoms with E-state index < -0.39 is 40.5 Å². The van der Waals surface area contributed by atoms with Gasteiger partial charge in [0.05, 0.1) is 24.7 Å². The molecule has 0 bridgehead atoms. The number of hydrogen-bond donors (Lipinski definition) is 1. The molecule has 154 valence electrons. The topological polar surface area (TPSA) is 117 Å². The molecule has 2 aromatic carbocycles. The molecule has 0 aliphatic heterocycles. The number of amides is 1. The van der Waals surface area contributed by atoms with E-state index in [9.17, 15) is 24.1 Å². The van der Waals surface area contributed by atoms with Crippen LogP contribution in [0.15, 0.2) is 36.4 Å². The summed E-state index contributed by atoms with van der Waals surface area (Å²) in [5, 5.41) is 13.7. The van der Waals surface area contributed by atoms with Gasteiger partial charge in [0.25, 0.3) is 11.6 Å². The van der Waals surface area contributed by atoms with Crippen molar-refractivity contribution in [2.75, 3.05) is 20.3 Å². The standard InChI is InChI=1S/C19H19FN2O7/c1-3-28-17-9-15(22(25)26)13(8-16(17)27-2)19(24)29-11-18(23)21-10-12-6-4-5-7-14(12)20/h4-9H,3,10-11H2,1-2H3,(H,21,23). The van der Waals surface area contributed by atoms with Crippen molar-refractivity contribution in [3.05, 3.63) is 63.5 Å². The second-order valence-corrected chi connectivity index (χ2v) is 5.65. The predicted molar refractivity (Wildman–Crippen MR) is 99.3 cm³/mol. The third-order valence-electron chi connectivity index (χ3n) is 3.77. The van der Waals surface area contributed by atoms with Gasteiger partial charge in [-0.1, -0.05) is 18.2 Å². The molecule has 2 rings (SSSR count). The Morgan fingerprint density at radius 3 is 2.55 bits per heavy atom. The van der Waals surface area contributed by atoms with Gasteiger partial charge >= 0.3 is 5.97 Å². The Balaban J connectivity index is 2.06. The van der Waals surface area contributed by atoms with Gasteiger partial charge < -0.3 is 19.5 Å². The third kappa shape index (κ3) is 5.64. The summed E-state index contributed by atoms with van der Waals surface area (Å²) in [7, 11) is 1.31. The average molecular weight is 406 g/mol. The first kappa shape index (κ1) is 21.6. The van der Waals surface area contributed by atoms with E-state index in [0.717, 1.165) is 12.1 Å². The fraction of sp³-hybridized carbons (Fsp3) is 0.263. The SMILES string of the molecule is CCOc1cc([N+](=O)[O-])c(C(=O)OCC(=O)NCc2ccccc2F)cc1OC. The highest BCUT2D eigenvalue weighted by atomic mass is 19.1. The van der Waals surface area contributed by atoms with Crippen LogP contribution in [0.2, 0.25) is 0 Å². The van der Waals surface area contributed by atoms with E-state index in [1.54, 1.807) is 13.0 Å². The van der Waals surface area contributed by atoms with Crippen LogP contribution in [-0.4, -0.2) is 37.1 Å². The zero-order valence-electron chi connectivity index (χ0n) is 15.8. The second-order valence-electron chi connectivity index (χ2n) is 5.65. The minimum atomic E-state index is -1.08. The molecule has 0 saturated heterocycles. The predicted octanol–water partition coefficient (Wildman–Crippen LogP) is 2.61. The molecule has 2 aromatic rings. The molecule has 0 aliphatic rings. The van der Waals surface area contributed by atoms with Gasteiger partial charge in [0.15, 0.2) is 18.1 Å². The van der Waals surface area contributed by atoms with E-state index in [1.807, 2.05) is 0 Å². The Morgan fingerprint density at radius 1 is 1.21 bits per heavy atom. The van der Waals surface area contributed by atoms with Gasteiger partial charge in [-0.15, -0.1) is 0 Å². The van der Waals surface area contributed by atoms with Gasteiger partial charge in [0, 0.05) is 18.2 Å². The van der Waals surface area contributed by atoms with Crippen LogP contribution in [0, 0.1) is 15.9 Å². The Morgan fingerprint density at radius 2 is 1.93 bits per heavy atom. The molecule has 10 heteroatoms. The summed E-state index contributed by atoms with van der Waals surface area (Å²) in [5.74, 6) is -2.06. The molecule has 0 aliphatic carbocycles. The van der Waals surface area contributed by atoms with Crippen molar-refractivity contribution in [3.8, 4) is 11.5 Å². The minimum Gasteiger partial charge on any atom is -0.493 e. The van der Waals surface area contributed by atoms with Crippen molar-refractivity contribution >= 4 is 17.6 Å². The summed E-state index contributed by atoms with van der Waals surface area (Å²) in [5.41, 5.74) is -0.678. The fourth-order valence-electron chi connectivity index (χ4n) is 2.39. The number of halogens is 1. The number of benzene rings is 2. The second kappa shape index (κ2) is 10.0. The highest BCUT2D eigenvalue weighted by Gasteiger charge is 2.26. The van der Waals surface area contributed by atoms with Crippen LogP contribution < -0.4 is 14.8 Å². The summed E-state index contributed by atoms with van der Waals surface area (Å²) >= 11 is 0. The van der Waals surface area contributed by atoms with Crippen LogP contribution in [0.3, 0.4) is 0 Å². The number of nitro groups is 1. The van der Waals surface area contributed by atoms with E-state index in [1.165, 1.54) is 25.3 Å². The number of carbonyl (C=O) groups excluding carboxylic acids is 2. The lowest BCUT2D eigenvalue weighted by molar-refractivity contribution is -0.385. The molecule has 0 saturated carbocycles. The number of carbonyl (C=O) groups is 2. The van der Waals surface area contributed by atoms with Gasteiger partial charge in [0.1, 0.15) is 11.4 Å². The Kier molecular flexibility index (Phi) is 7.47. The molecule has 1 N–H and O–H groups in total. The highest BCUT2D eigenvalue weighted by Crippen LogP contribution is 2.35. The lowest BCUT2D eigenvalue weighted by atomic mass is 10.1. The Labute approximate surface area is 165 Å². The van der Waals surface area contributed by atoms with Crippen molar-refractivity contribution in [2.45, 2.75) is 13.5 Å². The minimum absolute atomic E-state index is 0.0971. The molecule has 0 heterocycles. The average Bonchev–Trinajstić information content (AvgIpc) is 2.71. The normalized spacial score (nSPS) is 10.2. The van der Waals surface area contributed by atoms with Crippen molar-refractivity contribution < 1.29 is 33.1 Å². The summed E-state index contributed by atoms with van der Waals surface area (Å²) in [4.78, 5) is 34.7. The van der Waals surface area contributed by atoms with E-state index in [2.05, 4.69) is 5.32 Å². The molecule has 29 heavy (non-hydrogen) atoms. The van der Waals surface area contributed by atoms with Gasteiger partial charge in [-0.3, -0.25) is 14.9 Å². The van der Waals surface area contributed by atoms with Crippen molar-refractivity contribution in [3.63, 3.8) is 0 Å². The van der Waals surface area contributed by atoms with E-state index in [4.69, 9.17) is 14.2 Å². The quantitative estimate of drug-likeness (QED) is 0.386. The summed E-state index contributed by atoms with van der Waals surface area (Å²) in [6, 6.07) is 8.04. The first-order valence-corrected chi connectivity index (χ1v) is 8.53. The smallest absolute Gasteiger partial charge is 0.345 e. The van der Waals surface area contributed by atoms with Gasteiger partial charge in [-0.05, 0) is 13.0 Å². The molecule has 0 radical (unpaired) electrons. The lowest BCUT2D eigenvalue weighted by Crippen LogP contribution is -2.28. The molecule has 0 spiro atoms. The monoisotopic (exact) mass is 406 g/mol. The molecule has 0 aromatic heterocycles. The molecular weight excluding hydrogens is 387 g/mol. The van der Waals surface area contributed by atoms with Gasteiger partial charge in [0.2, 0.25) is 0 Å². The first-order chi connectivity index (χ1) is 13.9. The summed E-state index contributed by atoms with van der Waals surface area (Å²) in [6.07, 6.45) is 0. The van der Waals surface area contributed by atoms with Crippen LogP contribution >= 0.6 is 0 Å². The number of ether oxygens (including phenoxy) is 3. The number of nitro benzene ring substituents is 1. The number of nitrogens with zero attached hydrogens (tertiary/aromatic N) is 1. The molecule has 0 atom stereocenters. The highest BCUT2D eigenvalue weighted by molar-refractivity contribution is 5.96. The molecule has 0 fully saturated rings. The maximum atomic E-state index is 13.5. The molecule has 0 unspecified atom stereocenters. The number of nitrogens with one attached hydrogen (secondary N) is 1. The van der Waals surface area contributed by atoms with E-state index in [0.29, 0.717) is 0 Å². The van der Waals surface area contributed by atoms with Crippen LogP contribution in [-0.2, 0) is 16.1 Å². The Hall–Kier alpha value is -3.69. The van der Waals surface area contributed by atoms with Crippen LogP contribution in [0.25, 0.3) is 0 Å². The van der Waals surface area contributed by atoms with Crippen molar-refractivity contribution in [1.29, 1.82) is 0 Å². The first-order valence-electron chi connectivity index (χ1n) is 8.53. The largest absolute Gasteiger partial charge is 0.493 e. The zero-order valence-corrected chi connectivity index (χ0v) is 15.8. The maximum Gasteiger partial charge on any atom is 0.345 e. The van der Waals surface area contributed by atoms with Crippen LogP contribution in [0.4, 0.5) is 10.1 Å². The number of methoxy groups -OCH3 is 1. The Bertz CT molecular complexity index is 917. The van der Waals surface area contributed by atoms with Gasteiger partial charge in [-0.2, -0.15) is 0 Å². The maximum absolute atomic E-state index is 13.5. The molecular formula is C19H19FN2O7. The third-order valence-corrected chi connectivity index (χ3v) is 3.77. The van der Waals surface area contributed by atoms with E-state index >= 15 is 0 Å². The zero-order chi connectivity index (χ0) is 21.4. The number of rotatable bonds is 9. The van der Waals surface area contributed by atoms with Crippen molar-refractivity contribution in [1.82, 2.24) is 5.32 Å². The number of hydrogen-bond acceptors (Lipinski definition) is 7.